The van der Waals surface area contributed by atoms with Gasteiger partial charge in [-0.1, -0.05) is 54.9 Å². The Morgan fingerprint density at radius 2 is 1.91 bits per heavy atom. The predicted octanol–water partition coefficient (Wildman–Crippen LogP) is 4.54. The highest BCUT2D eigenvalue weighted by Gasteiger charge is 2.22. The molecular weight excluding hydrogens is 434 g/mol. The average Bonchev–Trinajstić information content (AvgIpc) is 3.54. The first kappa shape index (κ1) is 22.2. The highest BCUT2D eigenvalue weighted by atomic mass is 32.2. The Morgan fingerprint density at radius 3 is 2.67 bits per heavy atom. The molecule has 1 amide bonds. The largest absolute Gasteiger partial charge is 0.376 e. The van der Waals surface area contributed by atoms with Crippen LogP contribution in [0.15, 0.2) is 58.5 Å². The minimum Gasteiger partial charge on any atom is -0.376 e. The second-order valence-electron chi connectivity index (χ2n) is 8.91. The molecule has 3 aromatic rings. The second kappa shape index (κ2) is 10.1. The van der Waals surface area contributed by atoms with Crippen molar-refractivity contribution in [1.82, 2.24) is 14.9 Å². The van der Waals surface area contributed by atoms with Crippen molar-refractivity contribution in [3.8, 4) is 0 Å². The number of hydrogen-bond acceptors (Lipinski definition) is 5. The summed E-state index contributed by atoms with van der Waals surface area (Å²) in [7, 11) is 0. The molecule has 2 aromatic carbocycles. The van der Waals surface area contributed by atoms with Gasteiger partial charge in [0.25, 0.3) is 11.5 Å². The van der Waals surface area contributed by atoms with Gasteiger partial charge in [-0.15, -0.1) is 0 Å². The van der Waals surface area contributed by atoms with Crippen LogP contribution in [0.5, 0.6) is 0 Å². The normalized spacial score (nSPS) is 18.7. The number of hydrogen-bond donors (Lipinski definition) is 1. The number of aromatic nitrogens is 2. The Labute approximate surface area is 197 Å². The minimum absolute atomic E-state index is 0.0366. The number of rotatable bonds is 7. The molecule has 1 aliphatic carbocycles. The van der Waals surface area contributed by atoms with Gasteiger partial charge in [0.1, 0.15) is 0 Å². The van der Waals surface area contributed by atoms with Gasteiger partial charge in [-0.3, -0.25) is 14.2 Å². The van der Waals surface area contributed by atoms with Gasteiger partial charge < -0.3 is 10.1 Å². The van der Waals surface area contributed by atoms with Crippen LogP contribution in [-0.2, 0) is 17.0 Å². The van der Waals surface area contributed by atoms with Gasteiger partial charge in [-0.2, -0.15) is 0 Å². The van der Waals surface area contributed by atoms with Crippen molar-refractivity contribution >= 4 is 28.6 Å². The van der Waals surface area contributed by atoms with Crippen molar-refractivity contribution in [2.24, 2.45) is 0 Å². The maximum Gasteiger partial charge on any atom is 0.262 e. The molecule has 2 fully saturated rings. The predicted molar refractivity (Wildman–Crippen MR) is 131 cm³/mol. The third-order valence-electron chi connectivity index (χ3n) is 6.49. The summed E-state index contributed by atoms with van der Waals surface area (Å²) in [6.07, 6.45) is 6.40. The molecule has 1 N–H and O–H groups in total. The van der Waals surface area contributed by atoms with Crippen LogP contribution in [0.3, 0.4) is 0 Å². The molecule has 0 spiro atoms. The van der Waals surface area contributed by atoms with Gasteiger partial charge in [0, 0.05) is 24.0 Å². The van der Waals surface area contributed by atoms with Gasteiger partial charge in [0.05, 0.1) is 23.6 Å². The molecule has 5 rings (SSSR count). The number of carbonyl (C=O) groups is 1. The van der Waals surface area contributed by atoms with Crippen molar-refractivity contribution in [2.75, 3.05) is 6.61 Å². The second-order valence-corrected chi connectivity index (χ2v) is 9.85. The summed E-state index contributed by atoms with van der Waals surface area (Å²) in [5.41, 5.74) is 2.22. The number of amides is 1. The molecular formula is C26H29N3O3S. The van der Waals surface area contributed by atoms with Crippen LogP contribution in [0.4, 0.5) is 0 Å². The first-order chi connectivity index (χ1) is 16.2. The van der Waals surface area contributed by atoms with E-state index < -0.39 is 0 Å². The van der Waals surface area contributed by atoms with Crippen molar-refractivity contribution in [3.05, 3.63) is 70.0 Å². The van der Waals surface area contributed by atoms with Gasteiger partial charge in [0.2, 0.25) is 0 Å². The highest BCUT2D eigenvalue weighted by molar-refractivity contribution is 7.98. The summed E-state index contributed by atoms with van der Waals surface area (Å²) < 4.78 is 7.56. The van der Waals surface area contributed by atoms with Crippen LogP contribution in [-0.4, -0.2) is 34.2 Å². The molecule has 1 unspecified atom stereocenters. The van der Waals surface area contributed by atoms with E-state index in [9.17, 15) is 9.59 Å². The van der Waals surface area contributed by atoms with Crippen molar-refractivity contribution < 1.29 is 9.53 Å². The average molecular weight is 464 g/mol. The van der Waals surface area contributed by atoms with Crippen molar-refractivity contribution in [3.63, 3.8) is 0 Å². The Bertz CT molecular complexity index is 1180. The molecule has 172 valence electrons. The SMILES string of the molecule is O=C(NC1CCCC1)c1ccc2c(=O)n(CC3CCCO3)c(SCc3ccccc3)nc2c1. The van der Waals surface area contributed by atoms with Crippen LogP contribution in [0.2, 0.25) is 0 Å². The lowest BCUT2D eigenvalue weighted by atomic mass is 10.1. The summed E-state index contributed by atoms with van der Waals surface area (Å²) in [4.78, 5) is 31.1. The van der Waals surface area contributed by atoms with Gasteiger partial charge >= 0.3 is 0 Å². The lowest BCUT2D eigenvalue weighted by Crippen LogP contribution is -2.32. The molecule has 1 aromatic heterocycles. The third-order valence-corrected chi connectivity index (χ3v) is 7.54. The van der Waals surface area contributed by atoms with E-state index in [0.29, 0.717) is 33.9 Å². The Balaban J connectivity index is 1.47. The van der Waals surface area contributed by atoms with Crippen LogP contribution < -0.4 is 10.9 Å². The molecule has 6 nitrogen and oxygen atoms in total. The Morgan fingerprint density at radius 1 is 1.09 bits per heavy atom. The van der Waals surface area contributed by atoms with Gasteiger partial charge in [-0.25, -0.2) is 4.98 Å². The summed E-state index contributed by atoms with van der Waals surface area (Å²) in [5, 5.41) is 4.33. The van der Waals surface area contributed by atoms with Crippen molar-refractivity contribution in [1.29, 1.82) is 0 Å². The van der Waals surface area contributed by atoms with E-state index in [1.54, 1.807) is 34.5 Å². The fourth-order valence-corrected chi connectivity index (χ4v) is 5.63. The van der Waals surface area contributed by atoms with Crippen molar-refractivity contribution in [2.45, 2.75) is 68.1 Å². The molecule has 33 heavy (non-hydrogen) atoms. The molecule has 0 bridgehead atoms. The van der Waals surface area contributed by atoms with E-state index in [4.69, 9.17) is 9.72 Å². The zero-order valence-corrected chi connectivity index (χ0v) is 19.5. The molecule has 2 heterocycles. The quantitative estimate of drug-likeness (QED) is 0.411. The number of nitrogens with one attached hydrogen (secondary N) is 1. The molecule has 1 aliphatic heterocycles. The lowest BCUT2D eigenvalue weighted by molar-refractivity contribution is 0.0935. The molecule has 1 saturated heterocycles. The van der Waals surface area contributed by atoms with Crippen LogP contribution in [0.25, 0.3) is 10.9 Å². The van der Waals surface area contributed by atoms with Gasteiger partial charge in [-0.05, 0) is 49.4 Å². The van der Waals surface area contributed by atoms with E-state index in [2.05, 4.69) is 17.4 Å². The summed E-state index contributed by atoms with van der Waals surface area (Å²) in [6.45, 7) is 1.25. The smallest absolute Gasteiger partial charge is 0.262 e. The number of nitrogens with zero attached hydrogens (tertiary/aromatic N) is 2. The fraction of sp³-hybridized carbons (Fsp3) is 0.423. The van der Waals surface area contributed by atoms with Gasteiger partial charge in [0.15, 0.2) is 5.16 Å². The third kappa shape index (κ3) is 5.14. The first-order valence-electron chi connectivity index (χ1n) is 11.8. The summed E-state index contributed by atoms with van der Waals surface area (Å²) >= 11 is 1.55. The van der Waals surface area contributed by atoms with E-state index in [1.165, 1.54) is 5.56 Å². The standard InChI is InChI=1S/C26H29N3O3S/c30-24(27-20-9-4-5-10-20)19-12-13-22-23(15-19)28-26(33-17-18-7-2-1-3-8-18)29(25(22)31)16-21-11-6-14-32-21/h1-3,7-8,12-13,15,20-21H,4-6,9-11,14,16-17H2,(H,27,30). The minimum atomic E-state index is -0.0902. The number of thioether (sulfide) groups is 1. The fourth-order valence-electron chi connectivity index (χ4n) is 4.67. The summed E-state index contributed by atoms with van der Waals surface area (Å²) in [6, 6.07) is 15.6. The summed E-state index contributed by atoms with van der Waals surface area (Å²) in [5.74, 6) is 0.624. The van der Waals surface area contributed by atoms with Crippen LogP contribution >= 0.6 is 11.8 Å². The number of carbonyl (C=O) groups excluding carboxylic acids is 1. The van der Waals surface area contributed by atoms with E-state index in [1.807, 2.05) is 18.2 Å². The zero-order chi connectivity index (χ0) is 22.6. The Hall–Kier alpha value is -2.64. The highest BCUT2D eigenvalue weighted by Crippen LogP contribution is 2.25. The van der Waals surface area contributed by atoms with Crippen LogP contribution in [0, 0.1) is 0 Å². The van der Waals surface area contributed by atoms with E-state index in [0.717, 1.165) is 45.1 Å². The zero-order valence-electron chi connectivity index (χ0n) is 18.7. The van der Waals surface area contributed by atoms with Crippen LogP contribution in [0.1, 0.15) is 54.4 Å². The number of fused-ring (bicyclic) bond motifs is 1. The molecule has 1 atom stereocenters. The molecule has 1 saturated carbocycles. The molecule has 7 heteroatoms. The monoisotopic (exact) mass is 463 g/mol. The first-order valence-corrected chi connectivity index (χ1v) is 12.8. The lowest BCUT2D eigenvalue weighted by Gasteiger charge is -2.17. The number of benzene rings is 2. The molecule has 2 aliphatic rings. The maximum absolute atomic E-state index is 13.5. The van der Waals surface area contributed by atoms with E-state index >= 15 is 0 Å². The molecule has 0 radical (unpaired) electrons. The van der Waals surface area contributed by atoms with E-state index in [-0.39, 0.29) is 23.6 Å². The number of ether oxygens (including phenoxy) is 1. The maximum atomic E-state index is 13.5. The Kier molecular flexibility index (Phi) is 6.78. The topological polar surface area (TPSA) is 73.2 Å².